The number of fused-ring (bicyclic) bond motifs is 1. The third kappa shape index (κ3) is 5.19. The predicted octanol–water partition coefficient (Wildman–Crippen LogP) is 4.37. The second-order valence-electron chi connectivity index (χ2n) is 9.52. The number of hydrogen-bond donors (Lipinski definition) is 0. The van der Waals surface area contributed by atoms with Crippen LogP contribution in [0.5, 0.6) is 5.75 Å². The molecule has 8 nitrogen and oxygen atoms in total. The molecule has 0 aliphatic carbocycles. The van der Waals surface area contributed by atoms with E-state index in [0.717, 1.165) is 18.5 Å². The molecule has 4 rings (SSSR count). The number of Topliss-reactive ketones (excluding diaryl/α,β-unsaturated/α-hetero) is 1. The number of amides is 1. The molecule has 1 fully saturated rings. The van der Waals surface area contributed by atoms with Gasteiger partial charge in [0.15, 0.2) is 17.2 Å². The molecule has 1 aliphatic heterocycles. The lowest BCUT2D eigenvalue weighted by molar-refractivity contribution is -0.127. The average Bonchev–Trinajstić information content (AvgIpc) is 3.35. The molecule has 3 heterocycles. The second-order valence-corrected chi connectivity index (χ2v) is 9.95. The number of likely N-dealkylation sites (tertiary alicyclic amines) is 1. The number of ketones is 1. The van der Waals surface area contributed by atoms with Crippen molar-refractivity contribution >= 4 is 34.3 Å². The summed E-state index contributed by atoms with van der Waals surface area (Å²) in [7, 11) is 1.75. The maximum atomic E-state index is 13.9. The third-order valence-electron chi connectivity index (χ3n) is 6.49. The highest BCUT2D eigenvalue weighted by molar-refractivity contribution is 6.30. The Morgan fingerprint density at radius 2 is 2.03 bits per heavy atom. The fourth-order valence-corrected chi connectivity index (χ4v) is 5.02. The predicted molar refractivity (Wildman–Crippen MR) is 140 cm³/mol. The molecule has 36 heavy (non-hydrogen) atoms. The average molecular weight is 513 g/mol. The van der Waals surface area contributed by atoms with Crippen molar-refractivity contribution in [3.63, 3.8) is 0 Å². The van der Waals surface area contributed by atoms with Crippen molar-refractivity contribution < 1.29 is 14.3 Å². The van der Waals surface area contributed by atoms with Gasteiger partial charge in [0.25, 0.3) is 5.56 Å². The van der Waals surface area contributed by atoms with Crippen LogP contribution < -0.4 is 10.3 Å². The Hall–Kier alpha value is -3.13. The summed E-state index contributed by atoms with van der Waals surface area (Å²) in [5.74, 6) is 0.921. The SMILES string of the molecule is CCc1nc2c(c(OC(C)C)c(C(=O)CCCN3CCCC3=O)n2C)c(=O)n1Cc1cccc(Cl)c1. The minimum Gasteiger partial charge on any atom is -0.488 e. The first-order chi connectivity index (χ1) is 17.2. The van der Waals surface area contributed by atoms with Crippen LogP contribution in [0.4, 0.5) is 0 Å². The quantitative estimate of drug-likeness (QED) is 0.376. The molecule has 0 N–H and O–H groups in total. The molecule has 0 saturated carbocycles. The number of halogens is 1. The summed E-state index contributed by atoms with van der Waals surface area (Å²) >= 11 is 6.17. The monoisotopic (exact) mass is 512 g/mol. The van der Waals surface area contributed by atoms with Gasteiger partial charge in [0.05, 0.1) is 12.6 Å². The van der Waals surface area contributed by atoms with Crippen molar-refractivity contribution in [2.75, 3.05) is 13.1 Å². The smallest absolute Gasteiger partial charge is 0.267 e. The van der Waals surface area contributed by atoms with Crippen LogP contribution >= 0.6 is 11.6 Å². The maximum absolute atomic E-state index is 13.9. The summed E-state index contributed by atoms with van der Waals surface area (Å²) in [4.78, 5) is 45.8. The summed E-state index contributed by atoms with van der Waals surface area (Å²) in [5.41, 5.74) is 1.42. The number of carbonyl (C=O) groups excluding carboxylic acids is 2. The van der Waals surface area contributed by atoms with Crippen molar-refractivity contribution in [1.82, 2.24) is 19.0 Å². The van der Waals surface area contributed by atoms with E-state index in [0.29, 0.717) is 59.9 Å². The van der Waals surface area contributed by atoms with Crippen LogP contribution in [-0.4, -0.2) is 49.9 Å². The first-order valence-electron chi connectivity index (χ1n) is 12.5. The standard InChI is InChI=1S/C27H33ClN4O4/c1-5-21-29-26-23(27(35)32(21)16-18-9-6-10-19(28)15-18)25(36-17(2)3)24(30(26)4)20(33)11-7-13-31-14-8-12-22(31)34/h6,9-10,15,17H,5,7-8,11-14,16H2,1-4H3. The fourth-order valence-electron chi connectivity index (χ4n) is 4.81. The molecule has 2 aromatic heterocycles. The highest BCUT2D eigenvalue weighted by Crippen LogP contribution is 2.32. The third-order valence-corrected chi connectivity index (χ3v) is 6.73. The normalized spacial score (nSPS) is 13.8. The molecule has 0 unspecified atom stereocenters. The van der Waals surface area contributed by atoms with Crippen molar-refractivity contribution in [2.45, 2.75) is 65.5 Å². The van der Waals surface area contributed by atoms with E-state index >= 15 is 0 Å². The Labute approximate surface area is 215 Å². The zero-order valence-electron chi connectivity index (χ0n) is 21.3. The first kappa shape index (κ1) is 25.9. The molecule has 192 valence electrons. The van der Waals surface area contributed by atoms with Crippen molar-refractivity contribution in [3.05, 3.63) is 56.7 Å². The van der Waals surface area contributed by atoms with Crippen LogP contribution in [0.1, 0.15) is 68.3 Å². The number of benzene rings is 1. The highest BCUT2D eigenvalue weighted by atomic mass is 35.5. The Balaban J connectivity index is 1.75. The zero-order valence-corrected chi connectivity index (χ0v) is 22.1. The number of carbonyl (C=O) groups is 2. The van der Waals surface area contributed by atoms with Gasteiger partial charge < -0.3 is 14.2 Å². The lowest BCUT2D eigenvalue weighted by atomic mass is 10.1. The molecule has 0 atom stereocenters. The molecule has 1 amide bonds. The number of ether oxygens (including phenoxy) is 1. The van der Waals surface area contributed by atoms with E-state index in [4.69, 9.17) is 21.3 Å². The molecule has 0 bridgehead atoms. The lowest BCUT2D eigenvalue weighted by Gasteiger charge is -2.15. The van der Waals surface area contributed by atoms with E-state index in [9.17, 15) is 14.4 Å². The summed E-state index contributed by atoms with van der Waals surface area (Å²) in [5, 5.41) is 0.906. The van der Waals surface area contributed by atoms with E-state index in [1.54, 1.807) is 22.2 Å². The van der Waals surface area contributed by atoms with Gasteiger partial charge in [-0.1, -0.05) is 30.7 Å². The van der Waals surface area contributed by atoms with Gasteiger partial charge in [-0.25, -0.2) is 4.98 Å². The van der Waals surface area contributed by atoms with Crippen LogP contribution in [0.25, 0.3) is 11.0 Å². The molecule has 3 aromatic rings. The van der Waals surface area contributed by atoms with Crippen LogP contribution in [0, 0.1) is 0 Å². The van der Waals surface area contributed by atoms with Gasteiger partial charge in [0, 0.05) is 44.4 Å². The van der Waals surface area contributed by atoms with Gasteiger partial charge in [-0.2, -0.15) is 0 Å². The summed E-state index contributed by atoms with van der Waals surface area (Å²) in [6.45, 7) is 7.30. The number of nitrogens with zero attached hydrogens (tertiary/aromatic N) is 4. The van der Waals surface area contributed by atoms with Crippen LogP contribution in [0.15, 0.2) is 29.1 Å². The molecule has 1 aliphatic rings. The highest BCUT2D eigenvalue weighted by Gasteiger charge is 2.28. The Morgan fingerprint density at radius 1 is 1.25 bits per heavy atom. The van der Waals surface area contributed by atoms with Crippen LogP contribution in [0.3, 0.4) is 0 Å². The van der Waals surface area contributed by atoms with E-state index in [1.807, 2.05) is 43.9 Å². The summed E-state index contributed by atoms with van der Waals surface area (Å²) in [6, 6.07) is 7.38. The van der Waals surface area contributed by atoms with Crippen molar-refractivity contribution in [3.8, 4) is 5.75 Å². The molecule has 1 saturated heterocycles. The van der Waals surface area contributed by atoms with Gasteiger partial charge in [-0.15, -0.1) is 0 Å². The molecule has 1 aromatic carbocycles. The molecular formula is C27H33ClN4O4. The maximum Gasteiger partial charge on any atom is 0.267 e. The van der Waals surface area contributed by atoms with E-state index in [-0.39, 0.29) is 35.5 Å². The molecule has 9 heteroatoms. The lowest BCUT2D eigenvalue weighted by Crippen LogP contribution is -2.26. The van der Waals surface area contributed by atoms with Crippen molar-refractivity contribution in [1.29, 1.82) is 0 Å². The van der Waals surface area contributed by atoms with E-state index in [1.165, 1.54) is 0 Å². The van der Waals surface area contributed by atoms with Gasteiger partial charge in [0.2, 0.25) is 5.91 Å². The first-order valence-corrected chi connectivity index (χ1v) is 12.9. The Morgan fingerprint density at radius 3 is 2.67 bits per heavy atom. The summed E-state index contributed by atoms with van der Waals surface area (Å²) in [6.07, 6.45) is 2.56. The van der Waals surface area contributed by atoms with E-state index < -0.39 is 0 Å². The summed E-state index contributed by atoms with van der Waals surface area (Å²) < 4.78 is 9.41. The second kappa shape index (κ2) is 10.9. The topological polar surface area (TPSA) is 86.4 Å². The minimum atomic E-state index is -0.246. The number of aromatic nitrogens is 3. The van der Waals surface area contributed by atoms with Crippen molar-refractivity contribution in [2.24, 2.45) is 7.05 Å². The van der Waals surface area contributed by atoms with Gasteiger partial charge in [-0.3, -0.25) is 19.0 Å². The Bertz CT molecular complexity index is 1360. The number of aryl methyl sites for hydroxylation is 2. The number of rotatable bonds is 10. The van der Waals surface area contributed by atoms with E-state index in [2.05, 4.69) is 0 Å². The molecular weight excluding hydrogens is 480 g/mol. The van der Waals surface area contributed by atoms with Gasteiger partial charge in [0.1, 0.15) is 16.9 Å². The van der Waals surface area contributed by atoms with Crippen LogP contribution in [0.2, 0.25) is 5.02 Å². The number of hydrogen-bond acceptors (Lipinski definition) is 5. The fraction of sp³-hybridized carbons (Fsp3) is 0.481. The van der Waals surface area contributed by atoms with Gasteiger partial charge >= 0.3 is 0 Å². The van der Waals surface area contributed by atoms with Gasteiger partial charge in [-0.05, 0) is 44.4 Å². The largest absolute Gasteiger partial charge is 0.488 e. The van der Waals surface area contributed by atoms with Crippen LogP contribution in [-0.2, 0) is 24.8 Å². The zero-order chi connectivity index (χ0) is 26.0. The Kier molecular flexibility index (Phi) is 7.83. The molecule has 0 radical (unpaired) electrons. The minimum absolute atomic E-state index is 0.128. The molecule has 0 spiro atoms.